The van der Waals surface area contributed by atoms with E-state index in [2.05, 4.69) is 4.98 Å². The van der Waals surface area contributed by atoms with Crippen molar-refractivity contribution < 1.29 is 12.8 Å². The summed E-state index contributed by atoms with van der Waals surface area (Å²) in [6, 6.07) is 18.4. The molecule has 0 saturated heterocycles. The maximum absolute atomic E-state index is 14.4. The Hall–Kier alpha value is -3.71. The van der Waals surface area contributed by atoms with Gasteiger partial charge in [0, 0.05) is 59.5 Å². The Bertz CT molecular complexity index is 1520. The Morgan fingerprint density at radius 3 is 2.32 bits per heavy atom. The lowest BCUT2D eigenvalue weighted by molar-refractivity contribution is 0.589. The molecule has 0 N–H and O–H groups in total. The van der Waals surface area contributed by atoms with Crippen molar-refractivity contribution in [3.8, 4) is 22.3 Å². The fraction of sp³-hybridized carbons (Fsp3) is 0.0417. The van der Waals surface area contributed by atoms with Gasteiger partial charge in [-0.2, -0.15) is 0 Å². The highest BCUT2D eigenvalue weighted by Crippen LogP contribution is 2.35. The van der Waals surface area contributed by atoms with Crippen LogP contribution in [-0.4, -0.2) is 21.9 Å². The summed E-state index contributed by atoms with van der Waals surface area (Å²) in [6.45, 7) is 0. The first kappa shape index (κ1) is 19.3. The number of pyridine rings is 1. The first-order valence-electron chi connectivity index (χ1n) is 9.64. The summed E-state index contributed by atoms with van der Waals surface area (Å²) in [4.78, 5) is 4.63. The van der Waals surface area contributed by atoms with E-state index in [1.54, 1.807) is 60.8 Å². The molecule has 0 aliphatic heterocycles. The monoisotopic (exact) mass is 431 g/mol. The van der Waals surface area contributed by atoms with Crippen LogP contribution in [0.2, 0.25) is 0 Å². The summed E-state index contributed by atoms with van der Waals surface area (Å²) in [5.74, 6) is -0.360. The zero-order valence-corrected chi connectivity index (χ0v) is 17.4. The number of nitrogens with zero attached hydrogens (tertiary/aromatic N) is 3. The van der Waals surface area contributed by atoms with E-state index < -0.39 is 10.0 Å². The van der Waals surface area contributed by atoms with Gasteiger partial charge in [-0.1, -0.05) is 36.4 Å². The Kier molecular flexibility index (Phi) is 4.48. The molecule has 5 aromatic rings. The molecule has 0 unspecified atom stereocenters. The van der Waals surface area contributed by atoms with Gasteiger partial charge in [0.05, 0.1) is 4.90 Å². The molecule has 3 aromatic heterocycles. The van der Waals surface area contributed by atoms with Crippen LogP contribution in [0.3, 0.4) is 0 Å². The van der Waals surface area contributed by atoms with Gasteiger partial charge in [0.15, 0.2) is 5.65 Å². The molecule has 5 nitrogen and oxygen atoms in total. The van der Waals surface area contributed by atoms with E-state index in [0.29, 0.717) is 27.7 Å². The first-order valence-corrected chi connectivity index (χ1v) is 11.1. The van der Waals surface area contributed by atoms with Crippen molar-refractivity contribution in [3.63, 3.8) is 0 Å². The van der Waals surface area contributed by atoms with E-state index >= 15 is 0 Å². The molecular weight excluding hydrogens is 413 g/mol. The number of hydrogen-bond donors (Lipinski definition) is 0. The summed E-state index contributed by atoms with van der Waals surface area (Å²) in [5, 5.41) is 0.631. The molecular formula is C24H18FN3O2S. The predicted octanol–water partition coefficient (Wildman–Crippen LogP) is 5.08. The lowest BCUT2D eigenvalue weighted by Gasteiger charge is -2.07. The standard InChI is InChI=1S/C24H18FN3O2S/c1-27-12-11-17(15-27)22-16-28(31(29,30)19-7-3-2-4-8-19)24-21(22)13-18(14-26-24)20-9-5-6-10-23(20)25/h2-16H,1H3. The smallest absolute Gasteiger partial charge is 0.269 e. The van der Waals surface area contributed by atoms with Crippen LogP contribution < -0.4 is 0 Å². The number of halogens is 1. The fourth-order valence-electron chi connectivity index (χ4n) is 3.70. The highest BCUT2D eigenvalue weighted by atomic mass is 32.2. The van der Waals surface area contributed by atoms with E-state index in [1.807, 2.05) is 30.1 Å². The Balaban J connectivity index is 1.80. The van der Waals surface area contributed by atoms with Crippen LogP contribution >= 0.6 is 0 Å². The largest absolute Gasteiger partial charge is 0.357 e. The quantitative estimate of drug-likeness (QED) is 0.399. The van der Waals surface area contributed by atoms with Crippen LogP contribution in [0.5, 0.6) is 0 Å². The van der Waals surface area contributed by atoms with Crippen molar-refractivity contribution in [2.45, 2.75) is 4.90 Å². The lowest BCUT2D eigenvalue weighted by atomic mass is 10.0. The molecule has 0 aliphatic carbocycles. The minimum absolute atomic E-state index is 0.173. The molecule has 0 saturated carbocycles. The van der Waals surface area contributed by atoms with E-state index in [0.717, 1.165) is 5.56 Å². The molecule has 0 aliphatic rings. The van der Waals surface area contributed by atoms with Crippen LogP contribution in [0, 0.1) is 5.82 Å². The van der Waals surface area contributed by atoms with E-state index in [4.69, 9.17) is 0 Å². The molecule has 3 heterocycles. The number of rotatable bonds is 4. The molecule has 2 aromatic carbocycles. The van der Waals surface area contributed by atoms with Crippen molar-refractivity contribution in [1.82, 2.24) is 13.5 Å². The van der Waals surface area contributed by atoms with E-state index in [-0.39, 0.29) is 10.7 Å². The SMILES string of the molecule is Cn1ccc(-c2cn(S(=O)(=O)c3ccccc3)c3ncc(-c4ccccc4F)cc23)c1. The third-order valence-electron chi connectivity index (χ3n) is 5.24. The molecule has 0 atom stereocenters. The number of aromatic nitrogens is 3. The molecule has 0 amide bonds. The minimum atomic E-state index is -3.86. The van der Waals surface area contributed by atoms with Crippen LogP contribution in [-0.2, 0) is 17.1 Å². The summed E-state index contributed by atoms with van der Waals surface area (Å²) in [7, 11) is -1.96. The fourth-order valence-corrected chi connectivity index (χ4v) is 5.05. The molecule has 0 spiro atoms. The Labute approximate surface area is 179 Å². The highest BCUT2D eigenvalue weighted by Gasteiger charge is 2.23. The Morgan fingerprint density at radius 2 is 1.61 bits per heavy atom. The number of fused-ring (bicyclic) bond motifs is 1. The van der Waals surface area contributed by atoms with Crippen LogP contribution in [0.15, 0.2) is 96.4 Å². The van der Waals surface area contributed by atoms with Crippen molar-refractivity contribution in [2.24, 2.45) is 7.05 Å². The second-order valence-electron chi connectivity index (χ2n) is 7.30. The first-order chi connectivity index (χ1) is 14.9. The van der Waals surface area contributed by atoms with Crippen molar-refractivity contribution >= 4 is 21.1 Å². The van der Waals surface area contributed by atoms with Gasteiger partial charge in [0.25, 0.3) is 10.0 Å². The molecule has 0 fully saturated rings. The molecule has 0 bridgehead atoms. The van der Waals surface area contributed by atoms with Gasteiger partial charge in [0.1, 0.15) is 5.82 Å². The van der Waals surface area contributed by atoms with Gasteiger partial charge in [-0.15, -0.1) is 0 Å². The topological polar surface area (TPSA) is 56.9 Å². The molecule has 154 valence electrons. The molecule has 0 radical (unpaired) electrons. The van der Waals surface area contributed by atoms with Crippen molar-refractivity contribution in [1.29, 1.82) is 0 Å². The van der Waals surface area contributed by atoms with Gasteiger partial charge in [-0.05, 0) is 30.3 Å². The predicted molar refractivity (Wildman–Crippen MR) is 119 cm³/mol. The zero-order chi connectivity index (χ0) is 21.6. The van der Waals surface area contributed by atoms with E-state index in [9.17, 15) is 12.8 Å². The minimum Gasteiger partial charge on any atom is -0.357 e. The second kappa shape index (κ2) is 7.21. The van der Waals surface area contributed by atoms with Gasteiger partial charge in [-0.25, -0.2) is 21.8 Å². The second-order valence-corrected chi connectivity index (χ2v) is 9.11. The zero-order valence-electron chi connectivity index (χ0n) is 16.6. The summed E-state index contributed by atoms with van der Waals surface area (Å²) in [5.41, 5.74) is 2.85. The third kappa shape index (κ3) is 3.23. The summed E-state index contributed by atoms with van der Waals surface area (Å²) in [6.07, 6.45) is 6.88. The average molecular weight is 431 g/mol. The van der Waals surface area contributed by atoms with Gasteiger partial charge in [-0.3, -0.25) is 0 Å². The molecule has 5 rings (SSSR count). The van der Waals surface area contributed by atoms with E-state index in [1.165, 1.54) is 16.2 Å². The molecule has 7 heteroatoms. The number of benzene rings is 2. The maximum Gasteiger partial charge on any atom is 0.269 e. The van der Waals surface area contributed by atoms with Crippen LogP contribution in [0.4, 0.5) is 4.39 Å². The Morgan fingerprint density at radius 1 is 0.871 bits per heavy atom. The summed E-state index contributed by atoms with van der Waals surface area (Å²) >= 11 is 0. The number of aryl methyl sites for hydroxylation is 1. The average Bonchev–Trinajstić information content (AvgIpc) is 3.38. The molecule has 31 heavy (non-hydrogen) atoms. The highest BCUT2D eigenvalue weighted by molar-refractivity contribution is 7.90. The lowest BCUT2D eigenvalue weighted by Crippen LogP contribution is -2.12. The van der Waals surface area contributed by atoms with Crippen LogP contribution in [0.1, 0.15) is 0 Å². The van der Waals surface area contributed by atoms with Crippen LogP contribution in [0.25, 0.3) is 33.3 Å². The van der Waals surface area contributed by atoms with Crippen molar-refractivity contribution in [2.75, 3.05) is 0 Å². The normalized spacial score (nSPS) is 11.8. The van der Waals surface area contributed by atoms with Crippen molar-refractivity contribution in [3.05, 3.63) is 97.3 Å². The number of hydrogen-bond acceptors (Lipinski definition) is 3. The van der Waals surface area contributed by atoms with Gasteiger partial charge >= 0.3 is 0 Å². The van der Waals surface area contributed by atoms with Gasteiger partial charge < -0.3 is 4.57 Å². The third-order valence-corrected chi connectivity index (χ3v) is 6.90. The van der Waals surface area contributed by atoms with Gasteiger partial charge in [0.2, 0.25) is 0 Å². The maximum atomic E-state index is 14.4. The summed E-state index contributed by atoms with van der Waals surface area (Å²) < 4.78 is 44.2.